The summed E-state index contributed by atoms with van der Waals surface area (Å²) in [5.74, 6) is 0.815. The summed E-state index contributed by atoms with van der Waals surface area (Å²) in [7, 11) is 0. The molecule has 6 nitrogen and oxygen atoms in total. The van der Waals surface area contributed by atoms with Crippen molar-refractivity contribution in [3.63, 3.8) is 0 Å². The first-order valence-corrected chi connectivity index (χ1v) is 10.0. The minimum atomic E-state index is -0.100. The fourth-order valence-corrected chi connectivity index (χ4v) is 3.40. The van der Waals surface area contributed by atoms with Crippen LogP contribution in [0.4, 0.5) is 11.5 Å². The van der Waals surface area contributed by atoms with Gasteiger partial charge in [0.15, 0.2) is 0 Å². The molecule has 1 aromatic heterocycles. The number of hydrogen-bond donors (Lipinski definition) is 2. The Hall–Kier alpha value is -2.89. The van der Waals surface area contributed by atoms with Crippen LogP contribution in [0.1, 0.15) is 37.7 Å². The summed E-state index contributed by atoms with van der Waals surface area (Å²) in [6.07, 6.45) is 6.93. The second-order valence-corrected chi connectivity index (χ2v) is 7.01. The first-order chi connectivity index (χ1) is 13.7. The van der Waals surface area contributed by atoms with Crippen molar-refractivity contribution in [1.82, 2.24) is 10.3 Å². The first kappa shape index (κ1) is 19.9. The number of rotatable bonds is 9. The van der Waals surface area contributed by atoms with Crippen molar-refractivity contribution in [2.45, 2.75) is 38.5 Å². The highest BCUT2D eigenvalue weighted by molar-refractivity contribution is 5.99. The van der Waals surface area contributed by atoms with E-state index in [4.69, 9.17) is 0 Å². The van der Waals surface area contributed by atoms with Crippen LogP contribution in [0.3, 0.4) is 0 Å². The SMILES string of the molecule is O=C(CN1C(=O)CCCc2ccccc21)NCCCCCNc1ccccn1. The summed E-state index contributed by atoms with van der Waals surface area (Å²) >= 11 is 0. The molecule has 0 atom stereocenters. The lowest BCUT2D eigenvalue weighted by Gasteiger charge is -2.22. The maximum absolute atomic E-state index is 12.4. The Bertz CT molecular complexity index is 779. The van der Waals surface area contributed by atoms with Gasteiger partial charge in [-0.3, -0.25) is 9.59 Å². The van der Waals surface area contributed by atoms with Gasteiger partial charge >= 0.3 is 0 Å². The molecule has 2 heterocycles. The van der Waals surface area contributed by atoms with E-state index in [2.05, 4.69) is 15.6 Å². The Balaban J connectivity index is 1.36. The van der Waals surface area contributed by atoms with Crippen LogP contribution in [0.2, 0.25) is 0 Å². The number of aromatic nitrogens is 1. The molecule has 0 saturated heterocycles. The molecule has 2 N–H and O–H groups in total. The Morgan fingerprint density at radius 1 is 1.00 bits per heavy atom. The number of anilines is 2. The molecule has 0 radical (unpaired) electrons. The minimum Gasteiger partial charge on any atom is -0.370 e. The summed E-state index contributed by atoms with van der Waals surface area (Å²) in [5.41, 5.74) is 2.02. The van der Waals surface area contributed by atoms with E-state index in [1.165, 1.54) is 0 Å². The molecule has 28 heavy (non-hydrogen) atoms. The van der Waals surface area contributed by atoms with Gasteiger partial charge in [0.1, 0.15) is 12.4 Å². The van der Waals surface area contributed by atoms with Gasteiger partial charge in [0, 0.05) is 31.4 Å². The molecule has 3 rings (SSSR count). The van der Waals surface area contributed by atoms with Crippen molar-refractivity contribution in [2.75, 3.05) is 29.9 Å². The Morgan fingerprint density at radius 2 is 1.82 bits per heavy atom. The molecule has 0 spiro atoms. The maximum Gasteiger partial charge on any atom is 0.240 e. The summed E-state index contributed by atoms with van der Waals surface area (Å²) in [6.45, 7) is 1.59. The number of carbonyl (C=O) groups is 2. The van der Waals surface area contributed by atoms with Crippen molar-refractivity contribution in [3.8, 4) is 0 Å². The molecule has 2 amide bonds. The van der Waals surface area contributed by atoms with Crippen LogP contribution >= 0.6 is 0 Å². The molecule has 2 aromatic rings. The zero-order valence-electron chi connectivity index (χ0n) is 16.2. The van der Waals surface area contributed by atoms with Crippen molar-refractivity contribution < 1.29 is 9.59 Å². The summed E-state index contributed by atoms with van der Waals surface area (Å²) in [5, 5.41) is 6.22. The van der Waals surface area contributed by atoms with E-state index in [0.717, 1.165) is 55.7 Å². The lowest BCUT2D eigenvalue weighted by Crippen LogP contribution is -2.41. The molecule has 1 aliphatic heterocycles. The lowest BCUT2D eigenvalue weighted by molar-refractivity contribution is -0.123. The number of hydrogen-bond acceptors (Lipinski definition) is 4. The van der Waals surface area contributed by atoms with Gasteiger partial charge in [0.2, 0.25) is 11.8 Å². The van der Waals surface area contributed by atoms with Gasteiger partial charge in [-0.05, 0) is 55.9 Å². The zero-order valence-corrected chi connectivity index (χ0v) is 16.2. The second-order valence-electron chi connectivity index (χ2n) is 7.01. The average molecular weight is 380 g/mol. The van der Waals surface area contributed by atoms with Crippen LogP contribution in [0, 0.1) is 0 Å². The Kier molecular flexibility index (Phi) is 7.41. The number of carbonyl (C=O) groups excluding carboxylic acids is 2. The number of pyridine rings is 1. The number of fused-ring (bicyclic) bond motifs is 1. The third-order valence-electron chi connectivity index (χ3n) is 4.87. The first-order valence-electron chi connectivity index (χ1n) is 10.0. The lowest BCUT2D eigenvalue weighted by atomic mass is 10.1. The third kappa shape index (κ3) is 5.81. The molecule has 0 saturated carbocycles. The van der Waals surface area contributed by atoms with Gasteiger partial charge < -0.3 is 15.5 Å². The molecule has 1 aliphatic rings. The number of aryl methyl sites for hydroxylation is 1. The zero-order chi connectivity index (χ0) is 19.6. The molecule has 148 valence electrons. The maximum atomic E-state index is 12.4. The number of para-hydroxylation sites is 1. The molecule has 6 heteroatoms. The molecule has 0 unspecified atom stereocenters. The predicted octanol–water partition coefficient (Wildman–Crippen LogP) is 3.15. The third-order valence-corrected chi connectivity index (χ3v) is 4.87. The van der Waals surface area contributed by atoms with E-state index >= 15 is 0 Å². The van der Waals surface area contributed by atoms with Gasteiger partial charge in [-0.2, -0.15) is 0 Å². The predicted molar refractivity (Wildman–Crippen MR) is 111 cm³/mol. The van der Waals surface area contributed by atoms with Crippen molar-refractivity contribution >= 4 is 23.3 Å². The van der Waals surface area contributed by atoms with Crippen molar-refractivity contribution in [2.24, 2.45) is 0 Å². The van der Waals surface area contributed by atoms with E-state index in [1.807, 2.05) is 42.5 Å². The molecular weight excluding hydrogens is 352 g/mol. The minimum absolute atomic E-state index is 0.0284. The van der Waals surface area contributed by atoms with E-state index in [0.29, 0.717) is 13.0 Å². The second kappa shape index (κ2) is 10.4. The average Bonchev–Trinajstić information content (AvgIpc) is 2.87. The van der Waals surface area contributed by atoms with Crippen LogP contribution in [0.5, 0.6) is 0 Å². The van der Waals surface area contributed by atoms with Gasteiger partial charge in [0.25, 0.3) is 0 Å². The molecule has 0 fully saturated rings. The standard InChI is InChI=1S/C22H28N4O2/c27-21(25-16-6-1-5-14-23-20-12-4-7-15-24-20)17-26-19-11-3-2-9-18(19)10-8-13-22(26)28/h2-4,7,9,11-12,15H,1,5-6,8,10,13-14,16-17H2,(H,23,24)(H,25,27). The fraction of sp³-hybridized carbons (Fsp3) is 0.409. The highest BCUT2D eigenvalue weighted by atomic mass is 16.2. The number of nitrogens with zero attached hydrogens (tertiary/aromatic N) is 2. The van der Waals surface area contributed by atoms with Crippen molar-refractivity contribution in [3.05, 3.63) is 54.2 Å². The number of amides is 2. The monoisotopic (exact) mass is 380 g/mol. The number of nitrogens with one attached hydrogen (secondary N) is 2. The Labute approximate surface area is 166 Å². The number of benzene rings is 1. The molecule has 0 aliphatic carbocycles. The summed E-state index contributed by atoms with van der Waals surface area (Å²) in [4.78, 5) is 30.6. The molecular formula is C22H28N4O2. The van der Waals surface area contributed by atoms with Crippen LogP contribution in [0.15, 0.2) is 48.7 Å². The highest BCUT2D eigenvalue weighted by Crippen LogP contribution is 2.26. The smallest absolute Gasteiger partial charge is 0.240 e. The number of unbranched alkanes of at least 4 members (excludes halogenated alkanes) is 2. The van der Waals surface area contributed by atoms with Gasteiger partial charge in [-0.15, -0.1) is 0 Å². The van der Waals surface area contributed by atoms with E-state index < -0.39 is 0 Å². The van der Waals surface area contributed by atoms with Crippen LogP contribution in [-0.4, -0.2) is 36.4 Å². The quantitative estimate of drug-likeness (QED) is 0.656. The summed E-state index contributed by atoms with van der Waals surface area (Å²) < 4.78 is 0. The van der Waals surface area contributed by atoms with E-state index in [-0.39, 0.29) is 18.4 Å². The normalized spacial score (nSPS) is 13.6. The molecule has 0 bridgehead atoms. The molecule has 1 aromatic carbocycles. The van der Waals surface area contributed by atoms with Gasteiger partial charge in [0.05, 0.1) is 0 Å². The van der Waals surface area contributed by atoms with Crippen LogP contribution in [-0.2, 0) is 16.0 Å². The topological polar surface area (TPSA) is 74.3 Å². The van der Waals surface area contributed by atoms with E-state index in [1.54, 1.807) is 11.1 Å². The van der Waals surface area contributed by atoms with Crippen LogP contribution < -0.4 is 15.5 Å². The highest BCUT2D eigenvalue weighted by Gasteiger charge is 2.23. The van der Waals surface area contributed by atoms with Gasteiger partial charge in [-0.1, -0.05) is 24.3 Å². The van der Waals surface area contributed by atoms with Crippen LogP contribution in [0.25, 0.3) is 0 Å². The van der Waals surface area contributed by atoms with Gasteiger partial charge in [-0.25, -0.2) is 4.98 Å². The summed E-state index contributed by atoms with van der Waals surface area (Å²) in [6, 6.07) is 13.7. The largest absolute Gasteiger partial charge is 0.370 e. The Morgan fingerprint density at radius 3 is 2.68 bits per heavy atom. The van der Waals surface area contributed by atoms with E-state index in [9.17, 15) is 9.59 Å². The van der Waals surface area contributed by atoms with Crippen molar-refractivity contribution in [1.29, 1.82) is 0 Å². The fourth-order valence-electron chi connectivity index (χ4n) is 3.40.